The van der Waals surface area contributed by atoms with Gasteiger partial charge in [-0.2, -0.15) is 0 Å². The first-order valence-electron chi connectivity index (χ1n) is 8.94. The van der Waals surface area contributed by atoms with Crippen LogP contribution in [0.2, 0.25) is 0 Å². The molecule has 3 heteroatoms. The van der Waals surface area contributed by atoms with E-state index in [0.717, 1.165) is 29.7 Å². The third-order valence-electron chi connectivity index (χ3n) is 4.46. The Morgan fingerprint density at radius 3 is 2.56 bits per heavy atom. The highest BCUT2D eigenvalue weighted by Gasteiger charge is 2.16. The Kier molecular flexibility index (Phi) is 6.63. The molecule has 0 fully saturated rings. The lowest BCUT2D eigenvalue weighted by atomic mass is 10.1. The first kappa shape index (κ1) is 19.0. The van der Waals surface area contributed by atoms with Crippen LogP contribution in [0.25, 0.3) is 0 Å². The molecule has 134 valence electrons. The summed E-state index contributed by atoms with van der Waals surface area (Å²) in [6.07, 6.45) is 1.39. The van der Waals surface area contributed by atoms with Crippen molar-refractivity contribution in [3.8, 4) is 5.75 Å². The minimum Gasteiger partial charge on any atom is -0.481 e. The minimum absolute atomic E-state index is 0.0669. The molecule has 0 aliphatic heterocycles. The van der Waals surface area contributed by atoms with Gasteiger partial charge >= 0.3 is 0 Å². The van der Waals surface area contributed by atoms with Crippen LogP contribution < -0.4 is 10.1 Å². The molecule has 0 heterocycles. The van der Waals surface area contributed by atoms with Gasteiger partial charge in [0, 0.05) is 6.54 Å². The summed E-state index contributed by atoms with van der Waals surface area (Å²) in [5.74, 6) is 0.725. The van der Waals surface area contributed by atoms with E-state index >= 15 is 0 Å². The molecule has 0 saturated heterocycles. The molecular weight excluding hydrogens is 310 g/mol. The van der Waals surface area contributed by atoms with Crippen molar-refractivity contribution in [3.05, 3.63) is 64.2 Å². The highest BCUT2D eigenvalue weighted by molar-refractivity contribution is 5.80. The van der Waals surface area contributed by atoms with Gasteiger partial charge in [0.25, 0.3) is 5.91 Å². The Bertz CT molecular complexity index is 737. The van der Waals surface area contributed by atoms with Gasteiger partial charge in [-0.05, 0) is 75.8 Å². The van der Waals surface area contributed by atoms with Crippen LogP contribution in [0.15, 0.2) is 36.4 Å². The highest BCUT2D eigenvalue weighted by atomic mass is 16.5. The van der Waals surface area contributed by atoms with E-state index < -0.39 is 6.10 Å². The minimum atomic E-state index is -0.501. The zero-order valence-electron chi connectivity index (χ0n) is 16.0. The second-order valence-electron chi connectivity index (χ2n) is 6.85. The molecule has 1 amide bonds. The molecule has 0 spiro atoms. The summed E-state index contributed by atoms with van der Waals surface area (Å²) in [5.41, 5.74) is 5.99. The van der Waals surface area contributed by atoms with E-state index in [1.165, 1.54) is 16.7 Å². The Morgan fingerprint density at radius 1 is 1.08 bits per heavy atom. The lowest BCUT2D eigenvalue weighted by Gasteiger charge is -2.18. The Labute approximate surface area is 151 Å². The molecule has 0 radical (unpaired) electrons. The molecule has 2 aromatic rings. The summed E-state index contributed by atoms with van der Waals surface area (Å²) in [6, 6.07) is 12.6. The summed E-state index contributed by atoms with van der Waals surface area (Å²) >= 11 is 0. The van der Waals surface area contributed by atoms with Gasteiger partial charge in [0.15, 0.2) is 6.10 Å². The molecule has 1 N–H and O–H groups in total. The smallest absolute Gasteiger partial charge is 0.260 e. The van der Waals surface area contributed by atoms with Crippen LogP contribution in [0.3, 0.4) is 0 Å². The van der Waals surface area contributed by atoms with Crippen molar-refractivity contribution in [1.82, 2.24) is 5.32 Å². The van der Waals surface area contributed by atoms with Crippen molar-refractivity contribution < 1.29 is 9.53 Å². The molecule has 0 bridgehead atoms. The zero-order valence-corrected chi connectivity index (χ0v) is 16.0. The average Bonchev–Trinajstić information content (AvgIpc) is 2.56. The molecule has 0 aliphatic rings. The zero-order chi connectivity index (χ0) is 18.4. The van der Waals surface area contributed by atoms with Crippen LogP contribution in [-0.4, -0.2) is 18.6 Å². The first-order valence-corrected chi connectivity index (χ1v) is 8.94. The molecule has 25 heavy (non-hydrogen) atoms. The van der Waals surface area contributed by atoms with Gasteiger partial charge in [-0.1, -0.05) is 35.9 Å². The van der Waals surface area contributed by atoms with Crippen LogP contribution in [0.4, 0.5) is 0 Å². The molecular formula is C22H29NO2. The Hall–Kier alpha value is -2.29. The van der Waals surface area contributed by atoms with Gasteiger partial charge < -0.3 is 10.1 Å². The van der Waals surface area contributed by atoms with Gasteiger partial charge in [-0.25, -0.2) is 0 Å². The van der Waals surface area contributed by atoms with Crippen molar-refractivity contribution in [2.45, 2.75) is 53.6 Å². The fourth-order valence-electron chi connectivity index (χ4n) is 2.88. The topological polar surface area (TPSA) is 38.3 Å². The van der Waals surface area contributed by atoms with E-state index in [-0.39, 0.29) is 5.91 Å². The normalized spacial score (nSPS) is 11.9. The highest BCUT2D eigenvalue weighted by Crippen LogP contribution is 2.24. The number of aryl methyl sites for hydroxylation is 4. The van der Waals surface area contributed by atoms with Crippen LogP contribution in [0.1, 0.15) is 41.2 Å². The summed E-state index contributed by atoms with van der Waals surface area (Å²) < 4.78 is 5.89. The maximum absolute atomic E-state index is 12.3. The molecule has 2 rings (SSSR count). The quantitative estimate of drug-likeness (QED) is 0.758. The predicted molar refractivity (Wildman–Crippen MR) is 103 cm³/mol. The number of carbonyl (C=O) groups is 1. The van der Waals surface area contributed by atoms with Crippen molar-refractivity contribution >= 4 is 5.91 Å². The number of ether oxygens (including phenoxy) is 1. The number of rotatable bonds is 7. The molecule has 2 aromatic carbocycles. The lowest BCUT2D eigenvalue weighted by Crippen LogP contribution is -2.37. The van der Waals surface area contributed by atoms with Crippen LogP contribution in [-0.2, 0) is 11.2 Å². The van der Waals surface area contributed by atoms with E-state index in [1.807, 2.05) is 19.9 Å². The summed E-state index contributed by atoms with van der Waals surface area (Å²) in [6.45, 7) is 10.7. The van der Waals surface area contributed by atoms with Crippen molar-refractivity contribution in [3.63, 3.8) is 0 Å². The van der Waals surface area contributed by atoms with Gasteiger partial charge in [0.05, 0.1) is 0 Å². The maximum Gasteiger partial charge on any atom is 0.260 e. The third-order valence-corrected chi connectivity index (χ3v) is 4.46. The van der Waals surface area contributed by atoms with E-state index in [0.29, 0.717) is 6.54 Å². The van der Waals surface area contributed by atoms with E-state index in [1.54, 1.807) is 6.92 Å². The second kappa shape index (κ2) is 8.70. The number of carbonyl (C=O) groups excluding carboxylic acids is 1. The predicted octanol–water partition coefficient (Wildman–Crippen LogP) is 4.44. The fraction of sp³-hybridized carbons (Fsp3) is 0.409. The first-order chi connectivity index (χ1) is 11.9. The van der Waals surface area contributed by atoms with E-state index in [2.05, 4.69) is 49.5 Å². The monoisotopic (exact) mass is 339 g/mol. The Morgan fingerprint density at radius 2 is 1.84 bits per heavy atom. The largest absolute Gasteiger partial charge is 0.481 e. The van der Waals surface area contributed by atoms with E-state index in [4.69, 9.17) is 4.74 Å². The van der Waals surface area contributed by atoms with Gasteiger partial charge in [-0.3, -0.25) is 4.79 Å². The number of nitrogens with one attached hydrogen (secondary N) is 1. The summed E-state index contributed by atoms with van der Waals surface area (Å²) in [7, 11) is 0. The number of hydrogen-bond donors (Lipinski definition) is 1. The lowest BCUT2D eigenvalue weighted by molar-refractivity contribution is -0.127. The number of amides is 1. The van der Waals surface area contributed by atoms with Crippen LogP contribution >= 0.6 is 0 Å². The van der Waals surface area contributed by atoms with Crippen LogP contribution in [0.5, 0.6) is 5.75 Å². The second-order valence-corrected chi connectivity index (χ2v) is 6.85. The maximum atomic E-state index is 12.3. The van der Waals surface area contributed by atoms with Crippen molar-refractivity contribution in [2.75, 3.05) is 6.54 Å². The van der Waals surface area contributed by atoms with Gasteiger partial charge in [0.1, 0.15) is 5.75 Å². The molecule has 0 aromatic heterocycles. The van der Waals surface area contributed by atoms with Gasteiger partial charge in [0.2, 0.25) is 0 Å². The summed E-state index contributed by atoms with van der Waals surface area (Å²) in [4.78, 5) is 12.3. The molecule has 0 unspecified atom stereocenters. The fourth-order valence-corrected chi connectivity index (χ4v) is 2.88. The average molecular weight is 339 g/mol. The van der Waals surface area contributed by atoms with E-state index in [9.17, 15) is 4.79 Å². The molecule has 0 saturated carbocycles. The molecule has 0 aliphatic carbocycles. The Balaban J connectivity index is 1.80. The van der Waals surface area contributed by atoms with Crippen LogP contribution in [0, 0.1) is 27.7 Å². The SMILES string of the molecule is Cc1cccc(CCCNC(=O)[C@@H](C)Oc2cc(C)cc(C)c2C)c1. The van der Waals surface area contributed by atoms with Crippen molar-refractivity contribution in [1.29, 1.82) is 0 Å². The van der Waals surface area contributed by atoms with Crippen molar-refractivity contribution in [2.24, 2.45) is 0 Å². The third kappa shape index (κ3) is 5.63. The number of hydrogen-bond acceptors (Lipinski definition) is 2. The molecule has 3 nitrogen and oxygen atoms in total. The molecule has 1 atom stereocenters. The standard InChI is InChI=1S/C22H29NO2/c1-15-8-6-9-20(13-15)10-7-11-23-22(24)19(5)25-21-14-16(2)12-17(3)18(21)4/h6,8-9,12-14,19H,7,10-11H2,1-5H3,(H,23,24)/t19-/m1/s1. The van der Waals surface area contributed by atoms with Gasteiger partial charge in [-0.15, -0.1) is 0 Å². The summed E-state index contributed by atoms with van der Waals surface area (Å²) in [5, 5.41) is 2.97. The number of benzene rings is 2.